The summed E-state index contributed by atoms with van der Waals surface area (Å²) in [6, 6.07) is 7.58. The number of piperidine rings is 1. The van der Waals surface area contributed by atoms with E-state index in [2.05, 4.69) is 17.0 Å². The predicted octanol–water partition coefficient (Wildman–Crippen LogP) is 1.47. The summed E-state index contributed by atoms with van der Waals surface area (Å²) in [4.78, 5) is 18.6. The number of carbonyl (C=O) groups is 1. The third-order valence-electron chi connectivity index (χ3n) is 4.31. The number of carbonyl (C=O) groups excluding carboxylic acids is 1. The van der Waals surface area contributed by atoms with Crippen LogP contribution < -0.4 is 5.73 Å². The Morgan fingerprint density at radius 1 is 1.36 bits per heavy atom. The topological polar surface area (TPSA) is 77.0 Å². The van der Waals surface area contributed by atoms with Crippen molar-refractivity contribution in [3.05, 3.63) is 42.5 Å². The van der Waals surface area contributed by atoms with Crippen LogP contribution in [0.4, 0.5) is 0 Å². The van der Waals surface area contributed by atoms with Crippen molar-refractivity contribution in [3.8, 4) is 5.69 Å². The molecule has 0 radical (unpaired) electrons. The first-order valence-corrected chi connectivity index (χ1v) is 7.65. The number of nitrogens with zero attached hydrogens (tertiary/aromatic N) is 4. The molecule has 2 atom stereocenters. The predicted molar refractivity (Wildman–Crippen MR) is 83.6 cm³/mol. The zero-order chi connectivity index (χ0) is 15.5. The molecule has 116 valence electrons. The third kappa shape index (κ3) is 2.87. The maximum atomic E-state index is 12.7. The number of rotatable bonds is 3. The number of hydrogen-bond acceptors (Lipinski definition) is 4. The van der Waals surface area contributed by atoms with E-state index in [1.807, 2.05) is 29.2 Å². The van der Waals surface area contributed by atoms with Crippen LogP contribution in [-0.4, -0.2) is 44.7 Å². The molecule has 1 saturated heterocycles. The molecular formula is C16H21N5O. The SMILES string of the molecule is CC1CCN(C(=O)c2ccc(-n3cncn3)cc2)C(CN)C1. The first-order valence-electron chi connectivity index (χ1n) is 7.65. The smallest absolute Gasteiger partial charge is 0.254 e. The standard InChI is InChI=1S/C16H21N5O/c1-12-6-7-20(15(8-12)9-17)16(22)13-2-4-14(5-3-13)21-11-18-10-19-21/h2-5,10-12,15H,6-9,17H2,1H3. The van der Waals surface area contributed by atoms with Gasteiger partial charge in [0.15, 0.2) is 0 Å². The molecule has 6 nitrogen and oxygen atoms in total. The molecule has 2 heterocycles. The van der Waals surface area contributed by atoms with Crippen LogP contribution in [0.3, 0.4) is 0 Å². The normalized spacial score (nSPS) is 21.8. The Bertz CT molecular complexity index is 622. The molecule has 1 aromatic heterocycles. The van der Waals surface area contributed by atoms with E-state index in [-0.39, 0.29) is 11.9 Å². The molecule has 0 saturated carbocycles. The minimum atomic E-state index is 0.0625. The van der Waals surface area contributed by atoms with E-state index in [1.54, 1.807) is 11.0 Å². The van der Waals surface area contributed by atoms with Crippen LogP contribution in [0, 0.1) is 5.92 Å². The number of aromatic nitrogens is 3. The maximum Gasteiger partial charge on any atom is 0.254 e. The summed E-state index contributed by atoms with van der Waals surface area (Å²) in [5, 5.41) is 4.08. The van der Waals surface area contributed by atoms with Gasteiger partial charge >= 0.3 is 0 Å². The van der Waals surface area contributed by atoms with E-state index >= 15 is 0 Å². The lowest BCUT2D eigenvalue weighted by Gasteiger charge is -2.38. The molecule has 1 fully saturated rings. The van der Waals surface area contributed by atoms with Crippen LogP contribution in [-0.2, 0) is 0 Å². The molecule has 0 aliphatic carbocycles. The summed E-state index contributed by atoms with van der Waals surface area (Å²) in [5.74, 6) is 0.694. The lowest BCUT2D eigenvalue weighted by Crippen LogP contribution is -2.49. The second-order valence-corrected chi connectivity index (χ2v) is 5.90. The summed E-state index contributed by atoms with van der Waals surface area (Å²) in [7, 11) is 0. The summed E-state index contributed by atoms with van der Waals surface area (Å²) in [6.07, 6.45) is 5.14. The number of hydrogen-bond donors (Lipinski definition) is 1. The van der Waals surface area contributed by atoms with E-state index in [9.17, 15) is 4.79 Å². The lowest BCUT2D eigenvalue weighted by atomic mass is 9.92. The van der Waals surface area contributed by atoms with Crippen LogP contribution in [0.1, 0.15) is 30.1 Å². The van der Waals surface area contributed by atoms with E-state index in [0.29, 0.717) is 18.0 Å². The van der Waals surface area contributed by atoms with Crippen LogP contribution in [0.5, 0.6) is 0 Å². The van der Waals surface area contributed by atoms with Crippen LogP contribution in [0.2, 0.25) is 0 Å². The zero-order valence-electron chi connectivity index (χ0n) is 12.7. The highest BCUT2D eigenvalue weighted by atomic mass is 16.2. The lowest BCUT2D eigenvalue weighted by molar-refractivity contribution is 0.0573. The Morgan fingerprint density at radius 2 is 2.14 bits per heavy atom. The van der Waals surface area contributed by atoms with Crippen LogP contribution in [0.15, 0.2) is 36.9 Å². The second-order valence-electron chi connectivity index (χ2n) is 5.90. The molecule has 2 N–H and O–H groups in total. The molecule has 1 aliphatic rings. The second kappa shape index (κ2) is 6.27. The molecule has 1 aliphatic heterocycles. The van der Waals surface area contributed by atoms with Gasteiger partial charge in [0, 0.05) is 24.7 Å². The molecule has 0 spiro atoms. The molecule has 2 aromatic rings. The zero-order valence-corrected chi connectivity index (χ0v) is 12.7. The van der Waals surface area contributed by atoms with Gasteiger partial charge in [0.1, 0.15) is 12.7 Å². The molecular weight excluding hydrogens is 278 g/mol. The third-order valence-corrected chi connectivity index (χ3v) is 4.31. The van der Waals surface area contributed by atoms with E-state index in [1.165, 1.54) is 6.33 Å². The summed E-state index contributed by atoms with van der Waals surface area (Å²) in [5.41, 5.74) is 7.42. The van der Waals surface area contributed by atoms with Gasteiger partial charge in [-0.1, -0.05) is 6.92 Å². The highest BCUT2D eigenvalue weighted by molar-refractivity contribution is 5.94. The fourth-order valence-electron chi connectivity index (χ4n) is 3.01. The van der Waals surface area contributed by atoms with Gasteiger partial charge in [-0.15, -0.1) is 0 Å². The number of nitrogens with two attached hydrogens (primary N) is 1. The van der Waals surface area contributed by atoms with E-state index < -0.39 is 0 Å². The average Bonchev–Trinajstić information content (AvgIpc) is 3.08. The fraction of sp³-hybridized carbons (Fsp3) is 0.438. The van der Waals surface area contributed by atoms with Crippen molar-refractivity contribution in [2.75, 3.05) is 13.1 Å². The van der Waals surface area contributed by atoms with E-state index in [4.69, 9.17) is 5.73 Å². The van der Waals surface area contributed by atoms with E-state index in [0.717, 1.165) is 25.1 Å². The van der Waals surface area contributed by atoms with Crippen LogP contribution >= 0.6 is 0 Å². The molecule has 6 heteroatoms. The molecule has 0 bridgehead atoms. The van der Waals surface area contributed by atoms with Gasteiger partial charge < -0.3 is 10.6 Å². The minimum Gasteiger partial charge on any atom is -0.334 e. The van der Waals surface area contributed by atoms with Crippen molar-refractivity contribution in [3.63, 3.8) is 0 Å². The maximum absolute atomic E-state index is 12.7. The quantitative estimate of drug-likeness (QED) is 0.931. The Kier molecular flexibility index (Phi) is 4.20. The minimum absolute atomic E-state index is 0.0625. The van der Waals surface area contributed by atoms with Gasteiger partial charge in [0.2, 0.25) is 0 Å². The highest BCUT2D eigenvalue weighted by Gasteiger charge is 2.29. The van der Waals surface area contributed by atoms with Gasteiger partial charge in [-0.05, 0) is 43.0 Å². The van der Waals surface area contributed by atoms with Gasteiger partial charge in [0.05, 0.1) is 5.69 Å². The van der Waals surface area contributed by atoms with Crippen LogP contribution in [0.25, 0.3) is 5.69 Å². The van der Waals surface area contributed by atoms with Crippen molar-refractivity contribution in [2.45, 2.75) is 25.8 Å². The van der Waals surface area contributed by atoms with Crippen molar-refractivity contribution >= 4 is 5.91 Å². The molecule has 3 rings (SSSR count). The summed E-state index contributed by atoms with van der Waals surface area (Å²) >= 11 is 0. The summed E-state index contributed by atoms with van der Waals surface area (Å²) in [6.45, 7) is 3.53. The molecule has 1 aromatic carbocycles. The van der Waals surface area contributed by atoms with Gasteiger partial charge in [-0.3, -0.25) is 4.79 Å². The van der Waals surface area contributed by atoms with Gasteiger partial charge in [-0.25, -0.2) is 9.67 Å². The largest absolute Gasteiger partial charge is 0.334 e. The van der Waals surface area contributed by atoms with Crippen molar-refractivity contribution < 1.29 is 4.79 Å². The Hall–Kier alpha value is -2.21. The number of benzene rings is 1. The van der Waals surface area contributed by atoms with Gasteiger partial charge in [-0.2, -0.15) is 5.10 Å². The summed E-state index contributed by atoms with van der Waals surface area (Å²) < 4.78 is 1.67. The van der Waals surface area contributed by atoms with Crippen molar-refractivity contribution in [1.29, 1.82) is 0 Å². The first kappa shape index (κ1) is 14.7. The average molecular weight is 299 g/mol. The number of likely N-dealkylation sites (tertiary alicyclic amines) is 1. The monoisotopic (exact) mass is 299 g/mol. The Labute approximate surface area is 129 Å². The van der Waals surface area contributed by atoms with Gasteiger partial charge in [0.25, 0.3) is 5.91 Å². The fourth-order valence-corrected chi connectivity index (χ4v) is 3.01. The molecule has 2 unspecified atom stereocenters. The highest BCUT2D eigenvalue weighted by Crippen LogP contribution is 2.24. The number of amides is 1. The molecule has 1 amide bonds. The Balaban J connectivity index is 1.77. The van der Waals surface area contributed by atoms with Crippen molar-refractivity contribution in [2.24, 2.45) is 11.7 Å². The first-order chi connectivity index (χ1) is 10.7. The van der Waals surface area contributed by atoms with Crippen molar-refractivity contribution in [1.82, 2.24) is 19.7 Å². The Morgan fingerprint density at radius 3 is 2.77 bits per heavy atom. The molecule has 22 heavy (non-hydrogen) atoms.